The maximum Gasteiger partial charge on any atom is 0.339 e. The first kappa shape index (κ1) is 45.8. The molecule has 0 saturated heterocycles. The molecule has 0 radical (unpaired) electrons. The van der Waals surface area contributed by atoms with E-state index in [1.807, 2.05) is 61.7 Å². The van der Waals surface area contributed by atoms with Gasteiger partial charge in [-0.1, -0.05) is 72.8 Å². The molecule has 14 heteroatoms. The maximum absolute atomic E-state index is 12.0. The highest BCUT2D eigenvalue weighted by Crippen LogP contribution is 2.32. The molecular formula is C55H44BrN9O4. The molecule has 11 rings (SSSR count). The average molecular weight is 975 g/mol. The summed E-state index contributed by atoms with van der Waals surface area (Å²) in [4.78, 5) is 54.1. The number of rotatable bonds is 8. The third-order valence-corrected chi connectivity index (χ3v) is 12.2. The van der Waals surface area contributed by atoms with E-state index >= 15 is 0 Å². The number of carbonyl (C=O) groups excluding carboxylic acids is 1. The minimum absolute atomic E-state index is 0.143. The number of carboxylic acids is 1. The number of aromatic amines is 1. The van der Waals surface area contributed by atoms with Crippen molar-refractivity contribution >= 4 is 50.3 Å². The van der Waals surface area contributed by atoms with Crippen LogP contribution in [0.3, 0.4) is 0 Å². The molecule has 0 fully saturated rings. The fourth-order valence-corrected chi connectivity index (χ4v) is 8.48. The van der Waals surface area contributed by atoms with Crippen LogP contribution in [-0.4, -0.2) is 70.2 Å². The lowest BCUT2D eigenvalue weighted by molar-refractivity contribution is 0.0525. The van der Waals surface area contributed by atoms with Gasteiger partial charge in [0.05, 0.1) is 59.3 Å². The van der Waals surface area contributed by atoms with Gasteiger partial charge in [-0.05, 0) is 90.6 Å². The molecule has 0 atom stereocenters. The van der Waals surface area contributed by atoms with Crippen molar-refractivity contribution in [2.24, 2.45) is 9.98 Å². The van der Waals surface area contributed by atoms with Gasteiger partial charge in [0.15, 0.2) is 5.65 Å². The number of pyridine rings is 5. The zero-order valence-electron chi connectivity index (χ0n) is 38.1. The molecule has 6 aromatic heterocycles. The van der Waals surface area contributed by atoms with E-state index in [2.05, 4.69) is 112 Å². The second-order valence-corrected chi connectivity index (χ2v) is 17.2. The third kappa shape index (κ3) is 9.88. The van der Waals surface area contributed by atoms with Gasteiger partial charge in [-0.25, -0.2) is 14.6 Å². The van der Waals surface area contributed by atoms with Crippen LogP contribution in [0.5, 0.6) is 0 Å². The molecule has 0 spiro atoms. The first-order valence-electron chi connectivity index (χ1n) is 22.1. The highest BCUT2D eigenvalue weighted by atomic mass is 79.9. The Bertz CT molecular complexity index is 3490. The molecule has 9 aromatic rings. The number of fused-ring (bicyclic) bond motifs is 3. The fraction of sp³-hybridized carbons (Fsp3) is 0.127. The van der Waals surface area contributed by atoms with Crippen LogP contribution < -0.4 is 0 Å². The number of H-pyrrole nitrogens is 1. The summed E-state index contributed by atoms with van der Waals surface area (Å²) in [6.45, 7) is 9.62. The van der Waals surface area contributed by atoms with Gasteiger partial charge >= 0.3 is 11.9 Å². The number of aliphatic imine (C=N–C) groups is 2. The van der Waals surface area contributed by atoms with E-state index in [1.54, 1.807) is 43.8 Å². The lowest BCUT2D eigenvalue weighted by atomic mass is 9.96. The minimum Gasteiger partial charge on any atom is -0.478 e. The van der Waals surface area contributed by atoms with Gasteiger partial charge in [0.1, 0.15) is 0 Å². The van der Waals surface area contributed by atoms with E-state index in [0.29, 0.717) is 36.5 Å². The summed E-state index contributed by atoms with van der Waals surface area (Å²) >= 11 is 3.47. The smallest absolute Gasteiger partial charge is 0.339 e. The number of aromatic carboxylic acids is 1. The van der Waals surface area contributed by atoms with Gasteiger partial charge in [-0.15, -0.1) is 0 Å². The van der Waals surface area contributed by atoms with E-state index in [0.717, 1.165) is 82.9 Å². The third-order valence-electron chi connectivity index (χ3n) is 11.7. The van der Waals surface area contributed by atoms with Gasteiger partial charge in [-0.2, -0.15) is 5.10 Å². The lowest BCUT2D eigenvalue weighted by Crippen LogP contribution is -2.06. The molecule has 3 aromatic carbocycles. The van der Waals surface area contributed by atoms with Crippen molar-refractivity contribution in [2.45, 2.75) is 40.8 Å². The van der Waals surface area contributed by atoms with Crippen molar-refractivity contribution in [3.05, 3.63) is 212 Å². The molecule has 0 amide bonds. The van der Waals surface area contributed by atoms with Gasteiger partial charge in [0.25, 0.3) is 0 Å². The minimum atomic E-state index is -1.01. The molecule has 340 valence electrons. The van der Waals surface area contributed by atoms with E-state index in [9.17, 15) is 9.59 Å². The van der Waals surface area contributed by atoms with Crippen molar-refractivity contribution < 1.29 is 19.4 Å². The topological polar surface area (TPSA) is 181 Å². The Hall–Kier alpha value is -8.36. The number of benzene rings is 3. The molecule has 2 N–H and O–H groups in total. The first-order chi connectivity index (χ1) is 33.6. The molecule has 2 aliphatic heterocycles. The number of nitrogens with one attached hydrogen (secondary N) is 1. The average Bonchev–Trinajstić information content (AvgIpc) is 4.12. The Morgan fingerprint density at radius 2 is 1.10 bits per heavy atom. The number of aromatic nitrogens is 7. The van der Waals surface area contributed by atoms with E-state index in [1.165, 1.54) is 29.1 Å². The second kappa shape index (κ2) is 20.2. The highest BCUT2D eigenvalue weighted by Gasteiger charge is 2.22. The molecule has 0 unspecified atom stereocenters. The molecule has 69 heavy (non-hydrogen) atoms. The number of hydrogen-bond acceptors (Lipinski definition) is 11. The van der Waals surface area contributed by atoms with Crippen molar-refractivity contribution in [3.63, 3.8) is 0 Å². The maximum atomic E-state index is 12.0. The number of carbonyl (C=O) groups is 2. The predicted molar refractivity (Wildman–Crippen MR) is 271 cm³/mol. The van der Waals surface area contributed by atoms with Crippen LogP contribution in [0.15, 0.2) is 161 Å². The summed E-state index contributed by atoms with van der Waals surface area (Å²) in [5.41, 5.74) is 18.5. The standard InChI is InChI=1S/C22H19N3O2.C19H14N4O2.C14H11BrN2/c1-3-27-22(26)17-8-15(10-23-11-17)16-9-19-20(24-12-16)13-25-21(19)18-7-5-4-6-14(18)2;1-11-4-2-3-5-15(11)17-16-7-13(10-21-18(16)23-22-17)12-6-14(19(24)25)9-20-8-12;1-9-4-2-3-5-11(9)14-12-6-10(15)7-16-13(12)8-17-14/h4-12H,3,13H2,1-2H3;2-10H,1H3,(H,24,25)(H,21,22,23);2-7H,8H2,1H3. The van der Waals surface area contributed by atoms with Crippen molar-refractivity contribution in [1.82, 2.24) is 35.1 Å². The summed E-state index contributed by atoms with van der Waals surface area (Å²) in [6, 6.07) is 34.1. The Morgan fingerprint density at radius 1 is 0.594 bits per heavy atom. The molecule has 0 saturated carbocycles. The van der Waals surface area contributed by atoms with Crippen LogP contribution in [0.4, 0.5) is 0 Å². The van der Waals surface area contributed by atoms with Gasteiger partial charge in [0, 0.05) is 103 Å². The molecule has 8 heterocycles. The molecule has 2 aliphatic rings. The second-order valence-electron chi connectivity index (χ2n) is 16.3. The Labute approximate surface area is 406 Å². The van der Waals surface area contributed by atoms with Gasteiger partial charge < -0.3 is 9.84 Å². The van der Waals surface area contributed by atoms with Crippen molar-refractivity contribution in [3.8, 4) is 33.5 Å². The van der Waals surface area contributed by atoms with Gasteiger partial charge in [-0.3, -0.25) is 35.0 Å². The predicted octanol–water partition coefficient (Wildman–Crippen LogP) is 11.2. The van der Waals surface area contributed by atoms with Gasteiger partial charge in [0.2, 0.25) is 0 Å². The molecule has 0 bridgehead atoms. The fourth-order valence-electron chi connectivity index (χ4n) is 8.15. The van der Waals surface area contributed by atoms with Crippen molar-refractivity contribution in [2.75, 3.05) is 6.61 Å². The number of ether oxygens (including phenoxy) is 1. The van der Waals surface area contributed by atoms with Crippen LogP contribution >= 0.6 is 15.9 Å². The quantitative estimate of drug-likeness (QED) is 0.139. The number of nitrogens with zero attached hydrogens (tertiary/aromatic N) is 8. The zero-order valence-corrected chi connectivity index (χ0v) is 39.7. The summed E-state index contributed by atoms with van der Waals surface area (Å²) in [7, 11) is 0. The molecular weight excluding hydrogens is 931 g/mol. The summed E-state index contributed by atoms with van der Waals surface area (Å²) < 4.78 is 6.07. The monoisotopic (exact) mass is 973 g/mol. The zero-order chi connectivity index (χ0) is 48.0. The summed E-state index contributed by atoms with van der Waals surface area (Å²) in [6.07, 6.45) is 11.5. The first-order valence-corrected chi connectivity index (χ1v) is 22.9. The van der Waals surface area contributed by atoms with Crippen molar-refractivity contribution in [1.29, 1.82) is 0 Å². The Balaban J connectivity index is 0.000000132. The van der Waals surface area contributed by atoms with Crippen LogP contribution in [0.25, 0.3) is 44.5 Å². The number of halogens is 1. The SMILES string of the molecule is CCOC(=O)c1cncc(-c2cnc3c(c2)C(c2ccccc2C)=NC3)c1.Cc1ccccc1-c1[nH]nc2ncc(-c3cncc(C(=O)O)c3)cc12.Cc1ccccc1C1=NCc2ncc(Br)cc21. The lowest BCUT2D eigenvalue weighted by Gasteiger charge is -2.09. The summed E-state index contributed by atoms with van der Waals surface area (Å²) in [5.74, 6) is -1.38. The normalized spacial score (nSPS) is 12.1. The van der Waals surface area contributed by atoms with E-state index in [-0.39, 0.29) is 11.5 Å². The van der Waals surface area contributed by atoms with E-state index < -0.39 is 5.97 Å². The largest absolute Gasteiger partial charge is 0.478 e. The number of hydrogen-bond donors (Lipinski definition) is 2. The van der Waals surface area contributed by atoms with Crippen LogP contribution in [0, 0.1) is 20.8 Å². The van der Waals surface area contributed by atoms with Crippen LogP contribution in [0.1, 0.15) is 78.0 Å². The number of carboxylic acid groups (broad SMARTS) is 1. The van der Waals surface area contributed by atoms with E-state index in [4.69, 9.17) is 14.8 Å². The highest BCUT2D eigenvalue weighted by molar-refractivity contribution is 9.10. The van der Waals surface area contributed by atoms with Crippen LogP contribution in [0.2, 0.25) is 0 Å². The Morgan fingerprint density at radius 3 is 1.70 bits per heavy atom. The summed E-state index contributed by atoms with van der Waals surface area (Å²) in [5, 5.41) is 17.4. The van der Waals surface area contributed by atoms with Crippen LogP contribution in [-0.2, 0) is 17.8 Å². The molecule has 13 nitrogen and oxygen atoms in total. The molecule has 0 aliphatic carbocycles. The number of esters is 1. The Kier molecular flexibility index (Phi) is 13.4. The number of aryl methyl sites for hydroxylation is 3.